The molecule has 1 aromatic heterocycles. The third-order valence-electron chi connectivity index (χ3n) is 1.89. The minimum Gasteiger partial charge on any atom is -0.508 e. The second kappa shape index (κ2) is 3.48. The third-order valence-corrected chi connectivity index (χ3v) is 3.76. The Morgan fingerprint density at radius 2 is 2.23 bits per heavy atom. The summed E-state index contributed by atoms with van der Waals surface area (Å²) in [5, 5.41) is 10.6. The lowest BCUT2D eigenvalue weighted by atomic mass is 10.1. The molecule has 0 bridgehead atoms. The quantitative estimate of drug-likeness (QED) is 0.778. The van der Waals surface area contributed by atoms with Gasteiger partial charge < -0.3 is 5.11 Å². The minimum atomic E-state index is 0.271. The fraction of sp³-hybridized carbons (Fsp3) is 0.111. The molecule has 4 heteroatoms. The van der Waals surface area contributed by atoms with Gasteiger partial charge in [0.25, 0.3) is 0 Å². The average Bonchev–Trinajstić information content (AvgIpc) is 2.45. The van der Waals surface area contributed by atoms with Gasteiger partial charge in [-0.15, -0.1) is 22.9 Å². The van der Waals surface area contributed by atoms with Crippen LogP contribution in [-0.2, 0) is 5.88 Å². The van der Waals surface area contributed by atoms with Gasteiger partial charge >= 0.3 is 0 Å². The van der Waals surface area contributed by atoms with Crippen molar-refractivity contribution in [2.75, 3.05) is 0 Å². The van der Waals surface area contributed by atoms with E-state index in [1.165, 1.54) is 0 Å². The van der Waals surface area contributed by atoms with Crippen LogP contribution < -0.4 is 0 Å². The molecule has 1 nitrogen and oxygen atoms in total. The molecule has 0 aliphatic heterocycles. The van der Waals surface area contributed by atoms with Crippen molar-refractivity contribution in [1.82, 2.24) is 0 Å². The van der Waals surface area contributed by atoms with E-state index in [-0.39, 0.29) is 5.75 Å². The molecule has 0 saturated heterocycles. The Bertz CT molecular complexity index is 452. The molecule has 0 aliphatic rings. The van der Waals surface area contributed by atoms with Crippen LogP contribution in [0.3, 0.4) is 0 Å². The monoisotopic (exact) mass is 276 g/mol. The minimum absolute atomic E-state index is 0.271. The van der Waals surface area contributed by atoms with Gasteiger partial charge in [-0.05, 0) is 34.1 Å². The van der Waals surface area contributed by atoms with Crippen LogP contribution in [-0.4, -0.2) is 5.11 Å². The molecule has 0 radical (unpaired) electrons. The number of aromatic hydroxyl groups is 1. The summed E-state index contributed by atoms with van der Waals surface area (Å²) in [6, 6.07) is 5.57. The third kappa shape index (κ3) is 1.56. The summed E-state index contributed by atoms with van der Waals surface area (Å²) in [6.45, 7) is 0. The van der Waals surface area contributed by atoms with Gasteiger partial charge in [-0.2, -0.15) is 0 Å². The number of benzene rings is 1. The Kier molecular flexibility index (Phi) is 2.49. The van der Waals surface area contributed by atoms with Crippen LogP contribution in [0.25, 0.3) is 10.1 Å². The normalized spacial score (nSPS) is 10.9. The molecule has 0 spiro atoms. The Morgan fingerprint density at radius 1 is 1.46 bits per heavy atom. The Labute approximate surface area is 93.1 Å². The summed E-state index contributed by atoms with van der Waals surface area (Å²) in [5.41, 5.74) is 0.807. The van der Waals surface area contributed by atoms with Crippen LogP contribution in [0.5, 0.6) is 5.75 Å². The summed E-state index contributed by atoms with van der Waals surface area (Å²) >= 11 is 10.8. The number of fused-ring (bicyclic) bond motifs is 1. The highest BCUT2D eigenvalue weighted by Gasteiger charge is 2.08. The molecule has 1 aromatic carbocycles. The number of hydrogen-bond acceptors (Lipinski definition) is 2. The van der Waals surface area contributed by atoms with Crippen LogP contribution in [0.15, 0.2) is 22.0 Å². The molecule has 0 amide bonds. The zero-order valence-electron chi connectivity index (χ0n) is 6.55. The molecule has 0 fully saturated rings. The van der Waals surface area contributed by atoms with Gasteiger partial charge in [-0.3, -0.25) is 0 Å². The maximum Gasteiger partial charge on any atom is 0.120 e. The molecule has 0 atom stereocenters. The fourth-order valence-electron chi connectivity index (χ4n) is 1.27. The van der Waals surface area contributed by atoms with E-state index >= 15 is 0 Å². The predicted octanol–water partition coefficient (Wildman–Crippen LogP) is 4.11. The maximum atomic E-state index is 9.52. The fourth-order valence-corrected chi connectivity index (χ4v) is 3.12. The number of rotatable bonds is 1. The van der Waals surface area contributed by atoms with Crippen molar-refractivity contribution >= 4 is 49.0 Å². The van der Waals surface area contributed by atoms with Crippen molar-refractivity contribution in [1.29, 1.82) is 0 Å². The highest BCUT2D eigenvalue weighted by molar-refractivity contribution is 9.11. The van der Waals surface area contributed by atoms with E-state index in [2.05, 4.69) is 15.9 Å². The van der Waals surface area contributed by atoms with Crippen LogP contribution in [0.1, 0.15) is 5.56 Å². The molecular weight excluding hydrogens is 272 g/mol. The van der Waals surface area contributed by atoms with Crippen LogP contribution in [0, 0.1) is 0 Å². The van der Waals surface area contributed by atoms with Gasteiger partial charge in [0.2, 0.25) is 0 Å². The Morgan fingerprint density at radius 3 is 2.92 bits per heavy atom. The van der Waals surface area contributed by atoms with Gasteiger partial charge in [0.1, 0.15) is 5.75 Å². The van der Waals surface area contributed by atoms with E-state index in [9.17, 15) is 5.11 Å². The molecule has 0 aliphatic carbocycles. The van der Waals surface area contributed by atoms with Crippen molar-refractivity contribution in [2.24, 2.45) is 0 Å². The van der Waals surface area contributed by atoms with E-state index in [0.717, 1.165) is 19.4 Å². The first-order valence-corrected chi connectivity index (χ1v) is 5.82. The topological polar surface area (TPSA) is 20.2 Å². The summed E-state index contributed by atoms with van der Waals surface area (Å²) in [5.74, 6) is 0.611. The number of alkyl halides is 1. The molecule has 2 rings (SSSR count). The SMILES string of the molecule is Oc1ccc2sc(Br)cc2c1CCl. The molecule has 2 aromatic rings. The van der Waals surface area contributed by atoms with Crippen molar-refractivity contribution < 1.29 is 5.11 Å². The molecule has 1 N–H and O–H groups in total. The van der Waals surface area contributed by atoms with Gasteiger partial charge in [-0.1, -0.05) is 0 Å². The number of phenolic OH excluding ortho intramolecular Hbond substituents is 1. The van der Waals surface area contributed by atoms with Crippen molar-refractivity contribution in [3.05, 3.63) is 27.5 Å². The number of thiophene rings is 1. The number of phenols is 1. The predicted molar refractivity (Wildman–Crippen MR) is 60.7 cm³/mol. The van der Waals surface area contributed by atoms with Gasteiger partial charge in [0, 0.05) is 15.6 Å². The van der Waals surface area contributed by atoms with Crippen LogP contribution >= 0.6 is 38.9 Å². The smallest absolute Gasteiger partial charge is 0.120 e. The molecule has 0 unspecified atom stereocenters. The Balaban J connectivity index is 2.82. The zero-order chi connectivity index (χ0) is 9.42. The molecule has 13 heavy (non-hydrogen) atoms. The van der Waals surface area contributed by atoms with Gasteiger partial charge in [0.05, 0.1) is 9.67 Å². The van der Waals surface area contributed by atoms with Crippen LogP contribution in [0.2, 0.25) is 0 Å². The van der Waals surface area contributed by atoms with E-state index in [1.54, 1.807) is 17.4 Å². The first-order chi connectivity index (χ1) is 6.22. The second-order valence-electron chi connectivity index (χ2n) is 2.66. The van der Waals surface area contributed by atoms with Crippen molar-refractivity contribution in [2.45, 2.75) is 5.88 Å². The van der Waals surface area contributed by atoms with E-state index < -0.39 is 0 Å². The highest BCUT2D eigenvalue weighted by atomic mass is 79.9. The zero-order valence-corrected chi connectivity index (χ0v) is 9.71. The van der Waals surface area contributed by atoms with E-state index in [0.29, 0.717) is 5.88 Å². The number of hydrogen-bond donors (Lipinski definition) is 1. The molecule has 1 heterocycles. The van der Waals surface area contributed by atoms with Gasteiger partial charge in [-0.25, -0.2) is 0 Å². The van der Waals surface area contributed by atoms with E-state index in [4.69, 9.17) is 11.6 Å². The average molecular weight is 278 g/mol. The first-order valence-electron chi connectivity index (χ1n) is 3.68. The maximum absolute atomic E-state index is 9.52. The lowest BCUT2D eigenvalue weighted by molar-refractivity contribution is 0.471. The number of halogens is 2. The summed E-state index contributed by atoms with van der Waals surface area (Å²) < 4.78 is 2.19. The molecule has 0 saturated carbocycles. The van der Waals surface area contributed by atoms with Crippen molar-refractivity contribution in [3.8, 4) is 5.75 Å². The summed E-state index contributed by atoms with van der Waals surface area (Å²) in [6.07, 6.45) is 0. The lowest BCUT2D eigenvalue weighted by Crippen LogP contribution is -1.79. The largest absolute Gasteiger partial charge is 0.508 e. The highest BCUT2D eigenvalue weighted by Crippen LogP contribution is 2.36. The summed E-state index contributed by atoms with van der Waals surface area (Å²) in [7, 11) is 0. The van der Waals surface area contributed by atoms with Crippen LogP contribution in [0.4, 0.5) is 0 Å². The van der Waals surface area contributed by atoms with Gasteiger partial charge in [0.15, 0.2) is 0 Å². The Hall–Kier alpha value is -0.250. The molecular formula is C9H6BrClOS. The lowest BCUT2D eigenvalue weighted by Gasteiger charge is -2.00. The van der Waals surface area contributed by atoms with E-state index in [1.807, 2.05) is 12.1 Å². The summed E-state index contributed by atoms with van der Waals surface area (Å²) in [4.78, 5) is 0. The second-order valence-corrected chi connectivity index (χ2v) is 5.39. The first kappa shape index (κ1) is 9.31. The standard InChI is InChI=1S/C9H6BrClOS/c10-9-3-5-6(4-11)7(12)1-2-8(5)13-9/h1-3,12H,4H2. The molecule has 68 valence electrons. The van der Waals surface area contributed by atoms with Crippen molar-refractivity contribution in [3.63, 3.8) is 0 Å².